The van der Waals surface area contributed by atoms with Crippen LogP contribution >= 0.6 is 11.8 Å². The molecular formula is C19H32O5SSi. The van der Waals surface area contributed by atoms with Crippen LogP contribution in [-0.2, 0) is 18.8 Å². The van der Waals surface area contributed by atoms with E-state index in [4.69, 9.17) is 9.16 Å². The highest BCUT2D eigenvalue weighted by molar-refractivity contribution is 7.98. The van der Waals surface area contributed by atoms with Gasteiger partial charge in [0.25, 0.3) is 0 Å². The van der Waals surface area contributed by atoms with E-state index < -0.39 is 37.2 Å². The molecule has 0 unspecified atom stereocenters. The fraction of sp³-hybridized carbons (Fsp3) is 0.789. The Morgan fingerprint density at radius 2 is 2.04 bits per heavy atom. The molecule has 2 aliphatic carbocycles. The Hall–Kier alpha value is -0.633. The predicted molar refractivity (Wildman–Crippen MR) is 107 cm³/mol. The molecule has 7 heteroatoms. The lowest BCUT2D eigenvalue weighted by atomic mass is 9.73. The van der Waals surface area contributed by atoms with Gasteiger partial charge in [0.1, 0.15) is 5.60 Å². The van der Waals surface area contributed by atoms with Gasteiger partial charge in [-0.3, -0.25) is 9.59 Å². The van der Waals surface area contributed by atoms with E-state index in [-0.39, 0.29) is 17.6 Å². The molecule has 0 heterocycles. The quantitative estimate of drug-likeness (QED) is 0.545. The average molecular weight is 401 g/mol. The van der Waals surface area contributed by atoms with Gasteiger partial charge in [0, 0.05) is 11.7 Å². The van der Waals surface area contributed by atoms with E-state index >= 15 is 0 Å². The van der Waals surface area contributed by atoms with Gasteiger partial charge in [-0.05, 0) is 43.8 Å². The number of hydrogen-bond acceptors (Lipinski definition) is 6. The lowest BCUT2D eigenvalue weighted by molar-refractivity contribution is -0.179. The lowest BCUT2D eigenvalue weighted by Crippen LogP contribution is -2.69. The monoisotopic (exact) mass is 400 g/mol. The number of fused-ring (bicyclic) bond motifs is 2. The SMILES string of the molecule is CCOC(=O)[C@H]1C[C@H]2C=CC(=O)[C@]1(O)[C@@]2(CSC)O[Si](C)(C)C(C)(C)C. The molecule has 1 fully saturated rings. The van der Waals surface area contributed by atoms with E-state index in [0.29, 0.717) is 12.2 Å². The maximum absolute atomic E-state index is 12.9. The molecule has 0 aromatic carbocycles. The van der Waals surface area contributed by atoms with Crippen LogP contribution in [0.3, 0.4) is 0 Å². The minimum absolute atomic E-state index is 0.0855. The number of esters is 1. The number of rotatable bonds is 6. The van der Waals surface area contributed by atoms with E-state index in [9.17, 15) is 14.7 Å². The van der Waals surface area contributed by atoms with Gasteiger partial charge in [0.2, 0.25) is 0 Å². The number of aliphatic hydroxyl groups is 1. The highest BCUT2D eigenvalue weighted by Gasteiger charge is 2.72. The number of ether oxygens (including phenoxy) is 1. The Kier molecular flexibility index (Phi) is 5.89. The molecule has 0 saturated heterocycles. The maximum atomic E-state index is 12.9. The second kappa shape index (κ2) is 7.07. The number of carbonyl (C=O) groups is 2. The lowest BCUT2D eigenvalue weighted by Gasteiger charge is -2.52. The third-order valence-electron chi connectivity index (χ3n) is 6.27. The third kappa shape index (κ3) is 3.10. The molecule has 26 heavy (non-hydrogen) atoms. The molecule has 1 saturated carbocycles. The summed E-state index contributed by atoms with van der Waals surface area (Å²) in [4.78, 5) is 25.5. The van der Waals surface area contributed by atoms with Crippen LogP contribution in [-0.4, -0.2) is 55.0 Å². The highest BCUT2D eigenvalue weighted by atomic mass is 32.2. The molecule has 4 atom stereocenters. The summed E-state index contributed by atoms with van der Waals surface area (Å²) in [6.07, 6.45) is 5.53. The Balaban J connectivity index is 2.59. The van der Waals surface area contributed by atoms with Crippen LogP contribution in [0.25, 0.3) is 0 Å². The molecule has 5 nitrogen and oxygen atoms in total. The van der Waals surface area contributed by atoms with Crippen molar-refractivity contribution >= 4 is 31.8 Å². The Morgan fingerprint density at radius 3 is 2.54 bits per heavy atom. The van der Waals surface area contributed by atoms with Gasteiger partial charge in [0.05, 0.1) is 12.5 Å². The van der Waals surface area contributed by atoms with E-state index in [1.807, 2.05) is 12.3 Å². The van der Waals surface area contributed by atoms with Crippen LogP contribution in [0.4, 0.5) is 0 Å². The molecule has 0 aromatic rings. The minimum Gasteiger partial charge on any atom is -0.466 e. The summed E-state index contributed by atoms with van der Waals surface area (Å²) in [5.74, 6) is -1.60. The van der Waals surface area contributed by atoms with Gasteiger partial charge >= 0.3 is 5.97 Å². The molecule has 2 bridgehead atoms. The van der Waals surface area contributed by atoms with Crippen molar-refractivity contribution in [2.75, 3.05) is 18.6 Å². The zero-order chi connectivity index (χ0) is 20.0. The van der Waals surface area contributed by atoms with E-state index in [1.54, 1.807) is 6.92 Å². The molecule has 2 rings (SSSR count). The van der Waals surface area contributed by atoms with Gasteiger partial charge in [0.15, 0.2) is 19.7 Å². The summed E-state index contributed by atoms with van der Waals surface area (Å²) in [5, 5.41) is 11.6. The molecule has 0 spiro atoms. The summed E-state index contributed by atoms with van der Waals surface area (Å²) >= 11 is 1.53. The summed E-state index contributed by atoms with van der Waals surface area (Å²) in [6.45, 7) is 12.5. The van der Waals surface area contributed by atoms with E-state index in [0.717, 1.165) is 0 Å². The van der Waals surface area contributed by atoms with Crippen LogP contribution in [0.5, 0.6) is 0 Å². The van der Waals surface area contributed by atoms with Gasteiger partial charge in [-0.2, -0.15) is 11.8 Å². The van der Waals surface area contributed by atoms with Crippen LogP contribution in [0.2, 0.25) is 18.1 Å². The van der Waals surface area contributed by atoms with E-state index in [1.165, 1.54) is 17.8 Å². The average Bonchev–Trinajstić information content (AvgIpc) is 2.64. The van der Waals surface area contributed by atoms with Gasteiger partial charge < -0.3 is 14.3 Å². The molecule has 0 amide bonds. The molecule has 2 aliphatic rings. The number of carbonyl (C=O) groups excluding carboxylic acids is 2. The Bertz CT molecular complexity index is 612. The largest absolute Gasteiger partial charge is 0.466 e. The van der Waals surface area contributed by atoms with Crippen molar-refractivity contribution in [3.05, 3.63) is 12.2 Å². The molecule has 0 aliphatic heterocycles. The second-order valence-electron chi connectivity index (χ2n) is 8.82. The minimum atomic E-state index is -2.32. The van der Waals surface area contributed by atoms with Crippen LogP contribution in [0.15, 0.2) is 12.2 Å². The van der Waals surface area contributed by atoms with Crippen molar-refractivity contribution in [2.45, 2.75) is 63.5 Å². The molecule has 0 radical (unpaired) electrons. The van der Waals surface area contributed by atoms with Crippen molar-refractivity contribution < 1.29 is 23.9 Å². The van der Waals surface area contributed by atoms with Crippen LogP contribution < -0.4 is 0 Å². The predicted octanol–water partition coefficient (Wildman–Crippen LogP) is 3.18. The Labute approximate surface area is 162 Å². The highest BCUT2D eigenvalue weighted by Crippen LogP contribution is 2.57. The van der Waals surface area contributed by atoms with Gasteiger partial charge in [-0.25, -0.2) is 0 Å². The fourth-order valence-electron chi connectivity index (χ4n) is 3.87. The van der Waals surface area contributed by atoms with Gasteiger partial charge in [-0.1, -0.05) is 26.8 Å². The molecule has 1 N–H and O–H groups in total. The summed E-state index contributed by atoms with van der Waals surface area (Å²) in [5.41, 5.74) is -2.98. The van der Waals surface area contributed by atoms with Crippen LogP contribution in [0, 0.1) is 11.8 Å². The topological polar surface area (TPSA) is 72.8 Å². The third-order valence-corrected chi connectivity index (χ3v) is 11.5. The number of thioether (sulfide) groups is 1. The van der Waals surface area contributed by atoms with Gasteiger partial charge in [-0.15, -0.1) is 0 Å². The van der Waals surface area contributed by atoms with Crippen molar-refractivity contribution in [1.82, 2.24) is 0 Å². The number of ketones is 1. The first-order valence-electron chi connectivity index (χ1n) is 9.18. The second-order valence-corrected chi connectivity index (χ2v) is 14.4. The normalized spacial score (nSPS) is 34.2. The van der Waals surface area contributed by atoms with Crippen molar-refractivity contribution in [2.24, 2.45) is 11.8 Å². The van der Waals surface area contributed by atoms with Crippen molar-refractivity contribution in [1.29, 1.82) is 0 Å². The smallest absolute Gasteiger partial charge is 0.312 e. The summed E-state index contributed by atoms with van der Waals surface area (Å²) in [7, 11) is -2.32. The first-order chi connectivity index (χ1) is 11.9. The Morgan fingerprint density at radius 1 is 1.42 bits per heavy atom. The van der Waals surface area contributed by atoms with E-state index in [2.05, 4.69) is 33.9 Å². The summed E-state index contributed by atoms with van der Waals surface area (Å²) in [6, 6.07) is 0. The van der Waals surface area contributed by atoms with Crippen LogP contribution in [0.1, 0.15) is 34.1 Å². The summed E-state index contributed by atoms with van der Waals surface area (Å²) < 4.78 is 12.0. The molecule has 0 aromatic heterocycles. The maximum Gasteiger partial charge on any atom is 0.312 e. The standard InChI is InChI=1S/C19H32O5SSi/c1-8-23-16(21)14-11-13-9-10-15(20)19(14,22)18(13,12-25-5)24-26(6,7)17(2,3)4/h9-10,13-14,22H,8,11-12H2,1-7H3/t13-,14-,18+,19+/m1/s1. The molecular weight excluding hydrogens is 368 g/mol. The fourth-order valence-corrected chi connectivity index (χ4v) is 6.49. The van der Waals surface area contributed by atoms with Crippen molar-refractivity contribution in [3.8, 4) is 0 Å². The number of hydrogen-bond donors (Lipinski definition) is 1. The molecule has 148 valence electrons. The zero-order valence-electron chi connectivity index (χ0n) is 16.9. The first-order valence-corrected chi connectivity index (χ1v) is 13.5. The van der Waals surface area contributed by atoms with Crippen molar-refractivity contribution in [3.63, 3.8) is 0 Å². The zero-order valence-corrected chi connectivity index (χ0v) is 18.7. The first kappa shape index (κ1) is 21.7.